The van der Waals surface area contributed by atoms with E-state index in [0.29, 0.717) is 6.42 Å². The second-order valence-corrected chi connectivity index (χ2v) is 4.22. The zero-order chi connectivity index (χ0) is 9.84. The lowest BCUT2D eigenvalue weighted by molar-refractivity contribution is 0.0164. The van der Waals surface area contributed by atoms with Crippen LogP contribution in [-0.2, 0) is 0 Å². The molecule has 0 aliphatic heterocycles. The van der Waals surface area contributed by atoms with Crippen molar-refractivity contribution in [2.75, 3.05) is 0 Å². The Balaban J connectivity index is 2.82. The van der Waals surface area contributed by atoms with Crippen molar-refractivity contribution in [2.45, 2.75) is 25.6 Å². The summed E-state index contributed by atoms with van der Waals surface area (Å²) in [5.41, 5.74) is 0.779. The minimum absolute atomic E-state index is 0.562. The van der Waals surface area contributed by atoms with Gasteiger partial charge >= 0.3 is 0 Å². The van der Waals surface area contributed by atoms with Crippen molar-refractivity contribution in [1.82, 2.24) is 0 Å². The molecule has 0 heterocycles. The second-order valence-electron chi connectivity index (χ2n) is 2.98. The highest BCUT2D eigenvalue weighted by atomic mass is 127. The molecule has 2 atom stereocenters. The monoisotopic (exact) mass is 292 g/mol. The summed E-state index contributed by atoms with van der Waals surface area (Å²) in [5.74, 6) is 0. The number of rotatable bonds is 3. The Morgan fingerprint density at radius 2 is 2.08 bits per heavy atom. The summed E-state index contributed by atoms with van der Waals surface area (Å²) in [7, 11) is 0. The van der Waals surface area contributed by atoms with Crippen molar-refractivity contribution in [3.05, 3.63) is 33.4 Å². The summed E-state index contributed by atoms with van der Waals surface area (Å²) >= 11 is 2.18. The van der Waals surface area contributed by atoms with Gasteiger partial charge in [0.05, 0.1) is 6.10 Å². The number of aliphatic hydroxyl groups is 2. The molecule has 0 saturated carbocycles. The van der Waals surface area contributed by atoms with E-state index in [4.69, 9.17) is 0 Å². The molecular weight excluding hydrogens is 279 g/mol. The fourth-order valence-corrected chi connectivity index (χ4v) is 1.70. The first-order valence-electron chi connectivity index (χ1n) is 4.26. The third-order valence-corrected chi connectivity index (χ3v) is 2.64. The highest BCUT2D eigenvalue weighted by molar-refractivity contribution is 14.1. The summed E-state index contributed by atoms with van der Waals surface area (Å²) in [6.07, 6.45) is -0.870. The van der Waals surface area contributed by atoms with E-state index in [9.17, 15) is 10.2 Å². The first kappa shape index (κ1) is 10.9. The summed E-state index contributed by atoms with van der Waals surface area (Å²) in [6.45, 7) is 1.85. The standard InChI is InChI=1S/C10H13IO2/c1-2-9(12)10(13)7-4-3-5-8(11)6-7/h3-6,9-10,12-13H,2H2,1H3/t9-,10-/m1/s1. The van der Waals surface area contributed by atoms with Gasteiger partial charge in [-0.15, -0.1) is 0 Å². The van der Waals surface area contributed by atoms with Crippen LogP contribution in [0.15, 0.2) is 24.3 Å². The third-order valence-electron chi connectivity index (χ3n) is 1.97. The molecule has 2 nitrogen and oxygen atoms in total. The Morgan fingerprint density at radius 1 is 1.38 bits per heavy atom. The van der Waals surface area contributed by atoms with Crippen molar-refractivity contribution in [1.29, 1.82) is 0 Å². The smallest absolute Gasteiger partial charge is 0.105 e. The Hall–Kier alpha value is -0.130. The molecule has 0 aliphatic carbocycles. The van der Waals surface area contributed by atoms with Gasteiger partial charge in [0.2, 0.25) is 0 Å². The van der Waals surface area contributed by atoms with E-state index in [-0.39, 0.29) is 0 Å². The number of halogens is 1. The maximum absolute atomic E-state index is 9.66. The van der Waals surface area contributed by atoms with Gasteiger partial charge in [-0.2, -0.15) is 0 Å². The highest BCUT2D eigenvalue weighted by Crippen LogP contribution is 2.20. The second kappa shape index (κ2) is 4.93. The maximum atomic E-state index is 9.66. The Morgan fingerprint density at radius 3 is 2.62 bits per heavy atom. The van der Waals surface area contributed by atoms with E-state index >= 15 is 0 Å². The van der Waals surface area contributed by atoms with Gasteiger partial charge < -0.3 is 10.2 Å². The average molecular weight is 292 g/mol. The van der Waals surface area contributed by atoms with Crippen LogP contribution < -0.4 is 0 Å². The minimum atomic E-state index is -0.764. The molecule has 0 fully saturated rings. The topological polar surface area (TPSA) is 40.5 Å². The first-order chi connectivity index (χ1) is 6.15. The Bertz CT molecular complexity index is 275. The number of hydrogen-bond acceptors (Lipinski definition) is 2. The zero-order valence-electron chi connectivity index (χ0n) is 7.44. The van der Waals surface area contributed by atoms with Crippen LogP contribution >= 0.6 is 22.6 Å². The lowest BCUT2D eigenvalue weighted by Gasteiger charge is -2.16. The number of aliphatic hydroxyl groups excluding tert-OH is 2. The van der Waals surface area contributed by atoms with Gasteiger partial charge in [0.1, 0.15) is 6.10 Å². The summed E-state index contributed by atoms with van der Waals surface area (Å²) in [6, 6.07) is 7.54. The molecule has 0 unspecified atom stereocenters. The fourth-order valence-electron chi connectivity index (χ4n) is 1.14. The third kappa shape index (κ3) is 2.93. The van der Waals surface area contributed by atoms with Crippen LogP contribution in [0.2, 0.25) is 0 Å². The zero-order valence-corrected chi connectivity index (χ0v) is 9.60. The quantitative estimate of drug-likeness (QED) is 0.838. The molecule has 0 radical (unpaired) electrons. The van der Waals surface area contributed by atoms with Gasteiger partial charge in [0.25, 0.3) is 0 Å². The van der Waals surface area contributed by atoms with Crippen LogP contribution in [0.5, 0.6) is 0 Å². The fraction of sp³-hybridized carbons (Fsp3) is 0.400. The van der Waals surface area contributed by atoms with E-state index in [0.717, 1.165) is 9.13 Å². The molecule has 0 aromatic heterocycles. The molecule has 0 aliphatic rings. The van der Waals surface area contributed by atoms with E-state index in [2.05, 4.69) is 22.6 Å². The lowest BCUT2D eigenvalue weighted by atomic mass is 10.0. The Labute approximate surface area is 91.7 Å². The SMILES string of the molecule is CC[C@@H](O)[C@H](O)c1cccc(I)c1. The Kier molecular flexibility index (Phi) is 4.15. The van der Waals surface area contributed by atoms with Crippen LogP contribution in [0.3, 0.4) is 0 Å². The molecule has 0 spiro atoms. The molecule has 13 heavy (non-hydrogen) atoms. The maximum Gasteiger partial charge on any atom is 0.105 e. The van der Waals surface area contributed by atoms with Crippen molar-refractivity contribution in [3.8, 4) is 0 Å². The average Bonchev–Trinajstić information content (AvgIpc) is 2.15. The summed E-state index contributed by atoms with van der Waals surface area (Å²) < 4.78 is 1.07. The van der Waals surface area contributed by atoms with Crippen LogP contribution in [-0.4, -0.2) is 16.3 Å². The predicted octanol–water partition coefficient (Wildman–Crippen LogP) is 2.10. The molecule has 1 aromatic carbocycles. The van der Waals surface area contributed by atoms with Gasteiger partial charge in [0.15, 0.2) is 0 Å². The van der Waals surface area contributed by atoms with E-state index < -0.39 is 12.2 Å². The lowest BCUT2D eigenvalue weighted by Crippen LogP contribution is -2.16. The molecule has 1 rings (SSSR count). The van der Waals surface area contributed by atoms with Gasteiger partial charge in [-0.25, -0.2) is 0 Å². The van der Waals surface area contributed by atoms with Crippen molar-refractivity contribution in [3.63, 3.8) is 0 Å². The summed E-state index contributed by atoms with van der Waals surface area (Å²) in [5, 5.41) is 19.1. The molecule has 2 N–H and O–H groups in total. The van der Waals surface area contributed by atoms with E-state index in [1.165, 1.54) is 0 Å². The molecule has 0 amide bonds. The molecule has 0 bridgehead atoms. The van der Waals surface area contributed by atoms with Gasteiger partial charge in [-0.05, 0) is 46.7 Å². The van der Waals surface area contributed by atoms with Crippen LogP contribution in [0, 0.1) is 3.57 Å². The van der Waals surface area contributed by atoms with Crippen molar-refractivity contribution >= 4 is 22.6 Å². The van der Waals surface area contributed by atoms with Crippen molar-refractivity contribution in [2.24, 2.45) is 0 Å². The first-order valence-corrected chi connectivity index (χ1v) is 5.34. The van der Waals surface area contributed by atoms with Crippen LogP contribution in [0.25, 0.3) is 0 Å². The normalized spacial score (nSPS) is 15.4. The molecule has 3 heteroatoms. The van der Waals surface area contributed by atoms with Gasteiger partial charge in [0, 0.05) is 3.57 Å². The highest BCUT2D eigenvalue weighted by Gasteiger charge is 2.15. The molecule has 72 valence electrons. The molecule has 0 saturated heterocycles. The van der Waals surface area contributed by atoms with Gasteiger partial charge in [-0.3, -0.25) is 0 Å². The number of benzene rings is 1. The van der Waals surface area contributed by atoms with E-state index in [1.807, 2.05) is 31.2 Å². The van der Waals surface area contributed by atoms with Crippen LogP contribution in [0.1, 0.15) is 25.0 Å². The summed E-state index contributed by atoms with van der Waals surface area (Å²) in [4.78, 5) is 0. The minimum Gasteiger partial charge on any atom is -0.390 e. The van der Waals surface area contributed by atoms with Crippen molar-refractivity contribution < 1.29 is 10.2 Å². The molecular formula is C10H13IO2. The van der Waals surface area contributed by atoms with Gasteiger partial charge in [-0.1, -0.05) is 19.1 Å². The van der Waals surface area contributed by atoms with E-state index in [1.54, 1.807) is 0 Å². The number of hydrogen-bond donors (Lipinski definition) is 2. The predicted molar refractivity (Wildman–Crippen MR) is 60.4 cm³/mol. The van der Waals surface area contributed by atoms with Crippen LogP contribution in [0.4, 0.5) is 0 Å². The largest absolute Gasteiger partial charge is 0.390 e. The molecule has 1 aromatic rings.